The number of hydrogen-bond acceptors (Lipinski definition) is 5. The average Bonchev–Trinajstić information content (AvgIpc) is 3.95. The summed E-state index contributed by atoms with van der Waals surface area (Å²) in [6.45, 7) is 17.8. The van der Waals surface area contributed by atoms with Crippen molar-refractivity contribution >= 4 is 77.7 Å². The minimum atomic E-state index is 0.419. The van der Waals surface area contributed by atoms with E-state index >= 15 is 0 Å². The van der Waals surface area contributed by atoms with Crippen LogP contribution in [0.15, 0.2) is 246 Å². The Morgan fingerprint density at radius 2 is 1.30 bits per heavy atom. The molecule has 0 atom stereocenters. The van der Waals surface area contributed by atoms with Gasteiger partial charge >= 0.3 is 0 Å². The van der Waals surface area contributed by atoms with E-state index in [0.29, 0.717) is 6.61 Å². The predicted octanol–water partition coefficient (Wildman–Crippen LogP) is 17.7. The molecule has 69 heavy (non-hydrogen) atoms. The molecule has 5 heterocycles. The molecule has 3 aliphatic heterocycles. The first-order valence-corrected chi connectivity index (χ1v) is 23.6. The summed E-state index contributed by atoms with van der Waals surface area (Å²) in [7, 11) is 0. The fourth-order valence-electron chi connectivity index (χ4n) is 9.62. The topological polar surface area (TPSA) is 42.0 Å². The first kappa shape index (κ1) is 42.8. The third-order valence-corrected chi connectivity index (χ3v) is 13.0. The van der Waals surface area contributed by atoms with Crippen molar-refractivity contribution in [1.82, 2.24) is 0 Å². The Balaban J connectivity index is 0.00000257. The SMILES string of the molecule is C=C1C=C=C(C2=C/C(=C)c3ccccc3N(c3ccc4oc5ccc(-c6ccc7oc8c9c(ccc8c7c6)N(C6=CCCC=C6)/C=C\C=C/C9=C)cc5c4c3)/C=C\2)/C=C\COc2ccccc21.CC. The van der Waals surface area contributed by atoms with Gasteiger partial charge in [-0.05, 0) is 156 Å². The normalized spacial score (nSPS) is 18.2. The maximum absolute atomic E-state index is 6.72. The highest BCUT2D eigenvalue weighted by atomic mass is 16.5. The van der Waals surface area contributed by atoms with Crippen molar-refractivity contribution in [2.75, 3.05) is 16.4 Å². The van der Waals surface area contributed by atoms with Crippen LogP contribution in [0.4, 0.5) is 17.1 Å². The summed E-state index contributed by atoms with van der Waals surface area (Å²) in [6.07, 6.45) is 29.4. The molecular formula is C64H50N2O3. The van der Waals surface area contributed by atoms with Crippen molar-refractivity contribution in [3.8, 4) is 16.9 Å². The van der Waals surface area contributed by atoms with E-state index in [2.05, 4.69) is 187 Å². The molecule has 0 N–H and O–H groups in total. The van der Waals surface area contributed by atoms with Crippen LogP contribution in [0.5, 0.6) is 5.75 Å². The Morgan fingerprint density at radius 1 is 0.565 bits per heavy atom. The van der Waals surface area contributed by atoms with Crippen LogP contribution in [-0.2, 0) is 0 Å². The molecule has 2 aromatic heterocycles. The van der Waals surface area contributed by atoms with Gasteiger partial charge in [-0.1, -0.05) is 106 Å². The lowest BCUT2D eigenvalue weighted by Gasteiger charge is -2.27. The van der Waals surface area contributed by atoms with Crippen molar-refractivity contribution in [1.29, 1.82) is 0 Å². The molecule has 0 bridgehead atoms. The van der Waals surface area contributed by atoms with Gasteiger partial charge in [0.15, 0.2) is 0 Å². The van der Waals surface area contributed by atoms with E-state index in [-0.39, 0.29) is 0 Å². The molecule has 0 radical (unpaired) electrons. The molecule has 0 saturated carbocycles. The molecule has 0 spiro atoms. The zero-order chi connectivity index (χ0) is 47.0. The summed E-state index contributed by atoms with van der Waals surface area (Å²) in [5.41, 5.74) is 20.7. The zero-order valence-corrected chi connectivity index (χ0v) is 38.8. The highest BCUT2D eigenvalue weighted by Gasteiger charge is 2.23. The molecule has 0 fully saturated rings. The van der Waals surface area contributed by atoms with Gasteiger partial charge in [0.2, 0.25) is 0 Å². The Kier molecular flexibility index (Phi) is 11.3. The maximum Gasteiger partial charge on any atom is 0.145 e. The summed E-state index contributed by atoms with van der Waals surface area (Å²) in [5.74, 6) is 0.803. The second kappa shape index (κ2) is 18.1. The van der Waals surface area contributed by atoms with E-state index in [1.807, 2.05) is 56.3 Å². The maximum atomic E-state index is 6.72. The van der Waals surface area contributed by atoms with Crippen LogP contribution in [-0.4, -0.2) is 6.61 Å². The van der Waals surface area contributed by atoms with Gasteiger partial charge in [-0.15, -0.1) is 5.73 Å². The summed E-state index contributed by atoms with van der Waals surface area (Å²) < 4.78 is 19.3. The largest absolute Gasteiger partial charge is 0.489 e. The number of fused-ring (bicyclic) bond motifs is 10. The van der Waals surface area contributed by atoms with Gasteiger partial charge in [0.25, 0.3) is 0 Å². The molecule has 12 rings (SSSR count). The van der Waals surface area contributed by atoms with E-state index in [1.54, 1.807) is 0 Å². The van der Waals surface area contributed by atoms with Crippen molar-refractivity contribution in [3.63, 3.8) is 0 Å². The first-order valence-electron chi connectivity index (χ1n) is 23.6. The highest BCUT2D eigenvalue weighted by Crippen LogP contribution is 2.44. The molecule has 1 aliphatic carbocycles. The molecule has 8 aromatic rings. The molecule has 5 heteroatoms. The van der Waals surface area contributed by atoms with Crippen molar-refractivity contribution in [2.45, 2.75) is 26.7 Å². The minimum Gasteiger partial charge on any atom is -0.489 e. The molecule has 0 saturated heterocycles. The summed E-state index contributed by atoms with van der Waals surface area (Å²) >= 11 is 0. The van der Waals surface area contributed by atoms with Crippen molar-refractivity contribution in [3.05, 3.63) is 253 Å². The van der Waals surface area contributed by atoms with Gasteiger partial charge in [-0.2, -0.15) is 0 Å². The number of furan rings is 2. The summed E-state index contributed by atoms with van der Waals surface area (Å²) in [6, 6.07) is 40.1. The minimum absolute atomic E-state index is 0.419. The Morgan fingerprint density at radius 3 is 2.12 bits per heavy atom. The smallest absolute Gasteiger partial charge is 0.145 e. The molecule has 5 nitrogen and oxygen atoms in total. The van der Waals surface area contributed by atoms with E-state index in [1.165, 1.54) is 0 Å². The van der Waals surface area contributed by atoms with Crippen LogP contribution in [0.2, 0.25) is 0 Å². The van der Waals surface area contributed by atoms with Gasteiger partial charge in [0, 0.05) is 67.6 Å². The number of anilines is 3. The Labute approximate surface area is 402 Å². The van der Waals surface area contributed by atoms with E-state index in [4.69, 9.17) is 13.6 Å². The number of rotatable bonds is 4. The van der Waals surface area contributed by atoms with Gasteiger partial charge in [-0.3, -0.25) is 0 Å². The fraction of sp³-hybridized carbons (Fsp3) is 0.0781. The third kappa shape index (κ3) is 7.85. The second-order valence-corrected chi connectivity index (χ2v) is 17.1. The molecule has 0 amide bonds. The molecule has 0 unspecified atom stereocenters. The Hall–Kier alpha value is -8.76. The quantitative estimate of drug-likeness (QED) is 0.165. The lowest BCUT2D eigenvalue weighted by molar-refractivity contribution is 0.362. The first-order chi connectivity index (χ1) is 33.9. The van der Waals surface area contributed by atoms with E-state index in [0.717, 1.165) is 141 Å². The number of para-hydroxylation sites is 2. The van der Waals surface area contributed by atoms with Crippen LogP contribution in [0.1, 0.15) is 43.4 Å². The third-order valence-electron chi connectivity index (χ3n) is 13.0. The molecule has 4 aliphatic rings. The summed E-state index contributed by atoms with van der Waals surface area (Å²) in [4.78, 5) is 4.47. The number of nitrogens with zero attached hydrogens (tertiary/aromatic N) is 2. The van der Waals surface area contributed by atoms with Crippen LogP contribution < -0.4 is 14.5 Å². The standard InChI is InChI=1S/C62H44N2O3.C2H6/c1-40-22-23-43(15-13-35-65-57-21-10-8-19-50(40)57)46-32-34-64(55-20-9-7-18-49(55)42(3)36-46)48-26-31-59-54(39-48)53-38-45(24-29-58(53)66-59)44-25-30-60-52(37-44)51-27-28-56-61(62(51)67-60)41(2)14-11-12-33-63(56)47-16-5-4-6-17-47;1-2/h5,7-22,24-34,36-39H,1-4,6,35H2;1-2H3/b14-11-,15-13-,33-12-,34-32-,46-36+;. The van der Waals surface area contributed by atoms with Crippen LogP contribution in [0, 0.1) is 0 Å². The predicted molar refractivity (Wildman–Crippen MR) is 291 cm³/mol. The zero-order valence-electron chi connectivity index (χ0n) is 38.8. The lowest BCUT2D eigenvalue weighted by atomic mass is 9.95. The van der Waals surface area contributed by atoms with Crippen LogP contribution in [0.25, 0.3) is 71.7 Å². The van der Waals surface area contributed by atoms with E-state index < -0.39 is 0 Å². The Bertz CT molecular complexity index is 3750. The average molecular weight is 895 g/mol. The van der Waals surface area contributed by atoms with E-state index in [9.17, 15) is 0 Å². The van der Waals surface area contributed by atoms with Gasteiger partial charge in [-0.25, -0.2) is 0 Å². The van der Waals surface area contributed by atoms with Crippen molar-refractivity contribution in [2.24, 2.45) is 0 Å². The second-order valence-electron chi connectivity index (χ2n) is 17.1. The van der Waals surface area contributed by atoms with Crippen LogP contribution >= 0.6 is 0 Å². The highest BCUT2D eigenvalue weighted by molar-refractivity contribution is 6.13. The lowest BCUT2D eigenvalue weighted by Crippen LogP contribution is -2.17. The summed E-state index contributed by atoms with van der Waals surface area (Å²) in [5, 5.41) is 4.17. The van der Waals surface area contributed by atoms with Crippen LogP contribution in [0.3, 0.4) is 0 Å². The molecule has 334 valence electrons. The fourth-order valence-corrected chi connectivity index (χ4v) is 9.62. The molecular weight excluding hydrogens is 845 g/mol. The van der Waals surface area contributed by atoms with Gasteiger partial charge < -0.3 is 23.4 Å². The van der Waals surface area contributed by atoms with Gasteiger partial charge in [0.1, 0.15) is 34.7 Å². The monoisotopic (exact) mass is 894 g/mol. The number of benzene rings is 6. The van der Waals surface area contributed by atoms with Gasteiger partial charge in [0.05, 0.1) is 11.4 Å². The number of allylic oxidation sites excluding steroid dienone is 14. The number of ether oxygens (including phenoxy) is 1. The molecule has 6 aromatic carbocycles. The van der Waals surface area contributed by atoms with Crippen molar-refractivity contribution < 1.29 is 13.6 Å². The number of hydrogen-bond donors (Lipinski definition) is 0.